The van der Waals surface area contributed by atoms with Gasteiger partial charge in [0.25, 0.3) is 11.9 Å². The van der Waals surface area contributed by atoms with Crippen molar-refractivity contribution in [1.82, 2.24) is 14.5 Å². The van der Waals surface area contributed by atoms with Crippen LogP contribution in [0.1, 0.15) is 35.5 Å². The van der Waals surface area contributed by atoms with Gasteiger partial charge in [-0.25, -0.2) is 4.98 Å². The van der Waals surface area contributed by atoms with Crippen LogP contribution in [-0.4, -0.2) is 45.6 Å². The first-order chi connectivity index (χ1) is 15.1. The molecule has 0 radical (unpaired) electrons. The molecular weight excluding hydrogens is 388 g/mol. The zero-order valence-corrected chi connectivity index (χ0v) is 18.0. The second-order valence-corrected chi connectivity index (χ2v) is 8.30. The van der Waals surface area contributed by atoms with Crippen molar-refractivity contribution in [3.05, 3.63) is 90.0 Å². The summed E-state index contributed by atoms with van der Waals surface area (Å²) in [5.41, 5.74) is 2.81. The van der Waals surface area contributed by atoms with E-state index in [4.69, 9.17) is 4.74 Å². The molecule has 1 saturated heterocycles. The highest BCUT2D eigenvalue weighted by molar-refractivity contribution is 6.01. The summed E-state index contributed by atoms with van der Waals surface area (Å²) in [6.45, 7) is 6.37. The lowest BCUT2D eigenvalue weighted by Crippen LogP contribution is -2.38. The van der Waals surface area contributed by atoms with Crippen molar-refractivity contribution in [3.8, 4) is 0 Å². The Kier molecular flexibility index (Phi) is 6.46. The molecule has 160 valence electrons. The second kappa shape index (κ2) is 9.60. The topological polar surface area (TPSA) is 59.7 Å². The van der Waals surface area contributed by atoms with Crippen LogP contribution in [0.2, 0.25) is 0 Å². The van der Waals surface area contributed by atoms with Crippen molar-refractivity contribution in [2.75, 3.05) is 13.2 Å². The van der Waals surface area contributed by atoms with E-state index < -0.39 is 0 Å². The molecule has 6 nitrogen and oxygen atoms in total. The van der Waals surface area contributed by atoms with Crippen LogP contribution >= 0.6 is 0 Å². The number of aromatic nitrogens is 2. The molecule has 2 heterocycles. The molecule has 2 aromatic carbocycles. The second-order valence-electron chi connectivity index (χ2n) is 8.30. The first-order valence-electron chi connectivity index (χ1n) is 10.7. The minimum atomic E-state index is -0.280. The lowest BCUT2D eigenvalue weighted by molar-refractivity contribution is 0.0998. The third-order valence-electron chi connectivity index (χ3n) is 5.21. The number of carbonyl (C=O) groups is 1. The predicted octanol–water partition coefficient (Wildman–Crippen LogP) is 4.03. The highest BCUT2D eigenvalue weighted by atomic mass is 16.5. The van der Waals surface area contributed by atoms with E-state index in [9.17, 15) is 4.79 Å². The van der Waals surface area contributed by atoms with Gasteiger partial charge in [0.2, 0.25) is 0 Å². The van der Waals surface area contributed by atoms with E-state index in [0.717, 1.165) is 25.2 Å². The van der Waals surface area contributed by atoms with Gasteiger partial charge < -0.3 is 14.2 Å². The summed E-state index contributed by atoms with van der Waals surface area (Å²) in [4.78, 5) is 23.6. The lowest BCUT2D eigenvalue weighted by Gasteiger charge is -2.24. The molecule has 1 fully saturated rings. The summed E-state index contributed by atoms with van der Waals surface area (Å²) in [5, 5.41) is 0. The molecule has 1 amide bonds. The molecule has 0 aliphatic carbocycles. The van der Waals surface area contributed by atoms with Crippen LogP contribution in [0.4, 0.5) is 0 Å². The molecule has 1 aliphatic rings. The van der Waals surface area contributed by atoms with Crippen LogP contribution in [0.15, 0.2) is 78.2 Å². The largest absolute Gasteiger partial charge is 0.463 e. The number of amides is 1. The van der Waals surface area contributed by atoms with Gasteiger partial charge in [0, 0.05) is 31.3 Å². The van der Waals surface area contributed by atoms with E-state index in [-0.39, 0.29) is 11.9 Å². The van der Waals surface area contributed by atoms with Gasteiger partial charge >= 0.3 is 0 Å². The Morgan fingerprint density at radius 1 is 1.13 bits per heavy atom. The van der Waals surface area contributed by atoms with E-state index >= 15 is 0 Å². The van der Waals surface area contributed by atoms with Crippen molar-refractivity contribution in [3.63, 3.8) is 0 Å². The van der Waals surface area contributed by atoms with Crippen LogP contribution in [0, 0.1) is 5.92 Å². The highest BCUT2D eigenvalue weighted by Crippen LogP contribution is 2.19. The molecule has 1 aliphatic heterocycles. The Morgan fingerprint density at radius 2 is 1.84 bits per heavy atom. The van der Waals surface area contributed by atoms with Crippen molar-refractivity contribution in [2.45, 2.75) is 32.9 Å². The highest BCUT2D eigenvalue weighted by Gasteiger charge is 2.33. The Bertz CT molecular complexity index is 1030. The molecule has 0 bridgehead atoms. The van der Waals surface area contributed by atoms with Gasteiger partial charge in [0.1, 0.15) is 6.61 Å². The molecule has 0 N–H and O–H groups in total. The monoisotopic (exact) mass is 416 g/mol. The van der Waals surface area contributed by atoms with Crippen LogP contribution in [-0.2, 0) is 17.7 Å². The zero-order valence-electron chi connectivity index (χ0n) is 18.0. The SMILES string of the molecule is CC(C)CN1C(=NC(=O)c2ccccc2)OC[C@@H]1Cc1cn(Cc2ccccc2)cn1. The summed E-state index contributed by atoms with van der Waals surface area (Å²) < 4.78 is 7.96. The van der Waals surface area contributed by atoms with E-state index in [1.165, 1.54) is 5.56 Å². The molecule has 0 spiro atoms. The number of benzene rings is 2. The molecule has 1 atom stereocenters. The number of hydrogen-bond donors (Lipinski definition) is 0. The van der Waals surface area contributed by atoms with Crippen LogP contribution in [0.5, 0.6) is 0 Å². The normalized spacial score (nSPS) is 17.3. The van der Waals surface area contributed by atoms with E-state index in [0.29, 0.717) is 24.1 Å². The van der Waals surface area contributed by atoms with Crippen molar-refractivity contribution in [1.29, 1.82) is 0 Å². The average Bonchev–Trinajstić information content (AvgIpc) is 3.36. The quantitative estimate of drug-likeness (QED) is 0.584. The van der Waals surface area contributed by atoms with Gasteiger partial charge in [-0.2, -0.15) is 4.99 Å². The molecule has 4 rings (SSSR count). The van der Waals surface area contributed by atoms with Gasteiger partial charge in [-0.05, 0) is 23.6 Å². The number of imidazole rings is 1. The number of rotatable bonds is 7. The van der Waals surface area contributed by atoms with Gasteiger partial charge in [0.05, 0.1) is 18.1 Å². The maximum Gasteiger partial charge on any atom is 0.295 e. The minimum absolute atomic E-state index is 0.102. The summed E-state index contributed by atoms with van der Waals surface area (Å²) in [6, 6.07) is 19.9. The molecule has 1 aromatic heterocycles. The summed E-state index contributed by atoms with van der Waals surface area (Å²) >= 11 is 0. The molecule has 3 aromatic rings. The predicted molar refractivity (Wildman–Crippen MR) is 121 cm³/mol. The third kappa shape index (κ3) is 5.40. The van der Waals surface area contributed by atoms with Crippen LogP contribution in [0.25, 0.3) is 0 Å². The lowest BCUT2D eigenvalue weighted by atomic mass is 10.1. The first kappa shape index (κ1) is 20.8. The molecule has 31 heavy (non-hydrogen) atoms. The fourth-order valence-corrected chi connectivity index (χ4v) is 3.75. The molecule has 0 saturated carbocycles. The van der Waals surface area contributed by atoms with Crippen molar-refractivity contribution >= 4 is 11.9 Å². The van der Waals surface area contributed by atoms with Gasteiger partial charge in [-0.15, -0.1) is 0 Å². The number of amidine groups is 1. The van der Waals surface area contributed by atoms with E-state index in [2.05, 4.69) is 51.6 Å². The maximum atomic E-state index is 12.6. The number of aliphatic imine (C=N–C) groups is 1. The Hall–Kier alpha value is -3.41. The maximum absolute atomic E-state index is 12.6. The minimum Gasteiger partial charge on any atom is -0.463 e. The number of ether oxygens (including phenoxy) is 1. The van der Waals surface area contributed by atoms with Crippen LogP contribution < -0.4 is 0 Å². The molecular formula is C25H28N4O2. The van der Waals surface area contributed by atoms with Crippen molar-refractivity contribution in [2.24, 2.45) is 10.9 Å². The number of nitrogens with zero attached hydrogens (tertiary/aromatic N) is 4. The standard InChI is InChI=1S/C25H28N4O2/c1-19(2)14-29-23(17-31-25(29)27-24(30)21-11-7-4-8-12-21)13-22-16-28(18-26-22)15-20-9-5-3-6-10-20/h3-12,16,18-19,23H,13-15,17H2,1-2H3/t23-/m0/s1. The van der Waals surface area contributed by atoms with Gasteiger partial charge in [-0.1, -0.05) is 62.4 Å². The zero-order chi connectivity index (χ0) is 21.6. The van der Waals surface area contributed by atoms with Crippen LogP contribution in [0.3, 0.4) is 0 Å². The fraction of sp³-hybridized carbons (Fsp3) is 0.320. The van der Waals surface area contributed by atoms with E-state index in [1.807, 2.05) is 42.7 Å². The Balaban J connectivity index is 1.46. The molecule has 6 heteroatoms. The van der Waals surface area contributed by atoms with Crippen molar-refractivity contribution < 1.29 is 9.53 Å². The van der Waals surface area contributed by atoms with Gasteiger partial charge in [0.15, 0.2) is 0 Å². The van der Waals surface area contributed by atoms with E-state index in [1.54, 1.807) is 12.1 Å². The summed E-state index contributed by atoms with van der Waals surface area (Å²) in [5.74, 6) is 0.133. The Morgan fingerprint density at radius 3 is 2.55 bits per heavy atom. The average molecular weight is 417 g/mol. The third-order valence-corrected chi connectivity index (χ3v) is 5.21. The van der Waals surface area contributed by atoms with Gasteiger partial charge in [-0.3, -0.25) is 4.79 Å². The number of carbonyl (C=O) groups excluding carboxylic acids is 1. The summed E-state index contributed by atoms with van der Waals surface area (Å²) in [6.07, 6.45) is 4.71. The first-order valence-corrected chi connectivity index (χ1v) is 10.7. The number of hydrogen-bond acceptors (Lipinski definition) is 3. The summed E-state index contributed by atoms with van der Waals surface area (Å²) in [7, 11) is 0. The smallest absolute Gasteiger partial charge is 0.295 e. The molecule has 0 unspecified atom stereocenters. The Labute approximate surface area is 183 Å². The fourth-order valence-electron chi connectivity index (χ4n) is 3.75.